The highest BCUT2D eigenvalue weighted by Crippen LogP contribution is 2.30. The number of oxazole rings is 1. The van der Waals surface area contributed by atoms with Crippen LogP contribution in [0.2, 0.25) is 0 Å². The van der Waals surface area contributed by atoms with Crippen LogP contribution < -0.4 is 0 Å². The summed E-state index contributed by atoms with van der Waals surface area (Å²) in [5.41, 5.74) is -0.152. The zero-order valence-corrected chi connectivity index (χ0v) is 8.38. The maximum Gasteiger partial charge on any atom is 0.416 e. The van der Waals surface area contributed by atoms with Crippen molar-refractivity contribution in [2.75, 3.05) is 0 Å². The highest BCUT2D eigenvalue weighted by Gasteiger charge is 2.30. The molecular weight excluding hydrogens is 219 g/mol. The number of aromatic nitrogens is 1. The predicted molar refractivity (Wildman–Crippen MR) is 51.7 cm³/mol. The lowest BCUT2D eigenvalue weighted by Gasteiger charge is -2.05. The molecule has 0 atom stereocenters. The van der Waals surface area contributed by atoms with Gasteiger partial charge in [0.1, 0.15) is 5.76 Å². The summed E-state index contributed by atoms with van der Waals surface area (Å²) in [7, 11) is 0. The average molecular weight is 227 g/mol. The zero-order valence-electron chi connectivity index (χ0n) is 8.38. The Hall–Kier alpha value is -1.78. The molecule has 0 bridgehead atoms. The topological polar surface area (TPSA) is 26.0 Å². The van der Waals surface area contributed by atoms with E-state index in [1.165, 1.54) is 18.3 Å². The summed E-state index contributed by atoms with van der Waals surface area (Å²) in [4.78, 5) is 3.93. The average Bonchev–Trinajstić information content (AvgIpc) is 2.64. The maximum absolute atomic E-state index is 12.3. The second-order valence-corrected chi connectivity index (χ2v) is 3.35. The predicted octanol–water partition coefficient (Wildman–Crippen LogP) is 3.67. The SMILES string of the molecule is Cc1cnc(-c2ccc(C(F)(F)F)cc2)o1. The summed E-state index contributed by atoms with van der Waals surface area (Å²) < 4.78 is 42.1. The number of nitrogens with zero attached hydrogens (tertiary/aromatic N) is 1. The van der Waals surface area contributed by atoms with Crippen LogP contribution in [0.4, 0.5) is 13.2 Å². The van der Waals surface area contributed by atoms with Gasteiger partial charge in [-0.05, 0) is 31.2 Å². The fraction of sp³-hybridized carbons (Fsp3) is 0.182. The van der Waals surface area contributed by atoms with Gasteiger partial charge in [0.05, 0.1) is 11.8 Å². The summed E-state index contributed by atoms with van der Waals surface area (Å²) in [5.74, 6) is 0.945. The molecule has 1 aromatic heterocycles. The Morgan fingerprint density at radius 2 is 1.75 bits per heavy atom. The molecule has 0 saturated heterocycles. The Kier molecular flexibility index (Phi) is 2.46. The van der Waals surface area contributed by atoms with Gasteiger partial charge in [0.2, 0.25) is 5.89 Å². The smallest absolute Gasteiger partial charge is 0.416 e. The Morgan fingerprint density at radius 1 is 1.12 bits per heavy atom. The van der Waals surface area contributed by atoms with E-state index >= 15 is 0 Å². The molecule has 0 N–H and O–H groups in total. The van der Waals surface area contributed by atoms with Crippen molar-refractivity contribution < 1.29 is 17.6 Å². The van der Waals surface area contributed by atoms with Gasteiger partial charge in [0, 0.05) is 5.56 Å². The van der Waals surface area contributed by atoms with E-state index in [-0.39, 0.29) is 0 Å². The molecule has 0 amide bonds. The Labute approximate surface area is 89.7 Å². The van der Waals surface area contributed by atoms with Crippen molar-refractivity contribution in [1.29, 1.82) is 0 Å². The van der Waals surface area contributed by atoms with Crippen LogP contribution in [0.3, 0.4) is 0 Å². The molecule has 0 saturated carbocycles. The molecular formula is C11H8F3NO. The third kappa shape index (κ3) is 2.08. The summed E-state index contributed by atoms with van der Waals surface area (Å²) in [6, 6.07) is 4.70. The summed E-state index contributed by atoms with van der Waals surface area (Å²) in [6.07, 6.45) is -2.79. The maximum atomic E-state index is 12.3. The highest BCUT2D eigenvalue weighted by atomic mass is 19.4. The van der Waals surface area contributed by atoms with Crippen molar-refractivity contribution in [3.8, 4) is 11.5 Å². The molecule has 0 aliphatic rings. The second kappa shape index (κ2) is 3.66. The Bertz CT molecular complexity index is 485. The van der Waals surface area contributed by atoms with Gasteiger partial charge in [0.25, 0.3) is 0 Å². The Balaban J connectivity index is 2.33. The zero-order chi connectivity index (χ0) is 11.8. The third-order valence-electron chi connectivity index (χ3n) is 2.08. The van der Waals surface area contributed by atoms with Gasteiger partial charge in [-0.2, -0.15) is 13.2 Å². The fourth-order valence-electron chi connectivity index (χ4n) is 1.29. The van der Waals surface area contributed by atoms with Gasteiger partial charge in [-0.1, -0.05) is 0 Å². The molecule has 0 spiro atoms. The van der Waals surface area contributed by atoms with Gasteiger partial charge < -0.3 is 4.42 Å². The lowest BCUT2D eigenvalue weighted by atomic mass is 10.1. The number of hydrogen-bond acceptors (Lipinski definition) is 2. The van der Waals surface area contributed by atoms with Crippen molar-refractivity contribution in [3.05, 3.63) is 41.8 Å². The van der Waals surface area contributed by atoms with Crippen molar-refractivity contribution in [3.63, 3.8) is 0 Å². The van der Waals surface area contributed by atoms with E-state index in [4.69, 9.17) is 4.42 Å². The van der Waals surface area contributed by atoms with Gasteiger partial charge >= 0.3 is 6.18 Å². The van der Waals surface area contributed by atoms with Crippen LogP contribution in [0.5, 0.6) is 0 Å². The van der Waals surface area contributed by atoms with Crippen molar-refractivity contribution in [2.45, 2.75) is 13.1 Å². The molecule has 0 aliphatic carbocycles. The van der Waals surface area contributed by atoms with Crippen molar-refractivity contribution in [2.24, 2.45) is 0 Å². The van der Waals surface area contributed by atoms with Crippen molar-refractivity contribution in [1.82, 2.24) is 4.98 Å². The minimum absolute atomic E-state index is 0.325. The number of hydrogen-bond donors (Lipinski definition) is 0. The minimum atomic E-state index is -4.31. The minimum Gasteiger partial charge on any atom is -0.441 e. The summed E-state index contributed by atoms with van der Waals surface area (Å²) in [5, 5.41) is 0. The Morgan fingerprint density at radius 3 is 2.19 bits per heavy atom. The molecule has 84 valence electrons. The number of benzene rings is 1. The fourth-order valence-corrected chi connectivity index (χ4v) is 1.29. The van der Waals surface area contributed by atoms with E-state index in [1.807, 2.05) is 0 Å². The van der Waals surface area contributed by atoms with E-state index in [0.29, 0.717) is 17.2 Å². The van der Waals surface area contributed by atoms with Gasteiger partial charge in [-0.15, -0.1) is 0 Å². The van der Waals surface area contributed by atoms with E-state index in [1.54, 1.807) is 6.92 Å². The van der Waals surface area contributed by atoms with E-state index in [9.17, 15) is 13.2 Å². The first-order valence-corrected chi connectivity index (χ1v) is 4.57. The first-order valence-electron chi connectivity index (χ1n) is 4.57. The lowest BCUT2D eigenvalue weighted by Crippen LogP contribution is -2.03. The first kappa shape index (κ1) is 10.7. The standard InChI is InChI=1S/C11H8F3NO/c1-7-6-15-10(16-7)8-2-4-9(5-3-8)11(12,13)14/h2-6H,1H3. The quantitative estimate of drug-likeness (QED) is 0.742. The van der Waals surface area contributed by atoms with Crippen LogP contribution in [-0.2, 0) is 6.18 Å². The third-order valence-corrected chi connectivity index (χ3v) is 2.08. The molecule has 0 aliphatic heterocycles. The normalized spacial score (nSPS) is 11.8. The van der Waals surface area contributed by atoms with Crippen LogP contribution in [0, 0.1) is 6.92 Å². The number of rotatable bonds is 1. The van der Waals surface area contributed by atoms with E-state index < -0.39 is 11.7 Å². The van der Waals surface area contributed by atoms with Crippen molar-refractivity contribution >= 4 is 0 Å². The highest BCUT2D eigenvalue weighted by molar-refractivity contribution is 5.53. The van der Waals surface area contributed by atoms with Crippen LogP contribution >= 0.6 is 0 Å². The molecule has 1 heterocycles. The molecule has 5 heteroatoms. The molecule has 16 heavy (non-hydrogen) atoms. The van der Waals surface area contributed by atoms with Gasteiger partial charge in [-0.25, -0.2) is 4.98 Å². The van der Waals surface area contributed by atoms with Crippen LogP contribution in [0.1, 0.15) is 11.3 Å². The number of alkyl halides is 3. The molecule has 2 aromatic rings. The van der Waals surface area contributed by atoms with Gasteiger partial charge in [-0.3, -0.25) is 0 Å². The summed E-state index contributed by atoms with van der Waals surface area (Å²) >= 11 is 0. The molecule has 2 rings (SSSR count). The van der Waals surface area contributed by atoms with Crippen LogP contribution in [-0.4, -0.2) is 4.98 Å². The first-order chi connectivity index (χ1) is 7.47. The second-order valence-electron chi connectivity index (χ2n) is 3.35. The lowest BCUT2D eigenvalue weighted by molar-refractivity contribution is -0.137. The molecule has 2 nitrogen and oxygen atoms in total. The van der Waals surface area contributed by atoms with Crippen LogP contribution in [0.25, 0.3) is 11.5 Å². The number of aryl methyl sites for hydroxylation is 1. The molecule has 1 aromatic carbocycles. The van der Waals surface area contributed by atoms with Crippen LogP contribution in [0.15, 0.2) is 34.9 Å². The summed E-state index contributed by atoms with van der Waals surface area (Å²) in [6.45, 7) is 1.72. The van der Waals surface area contributed by atoms with Gasteiger partial charge in [0.15, 0.2) is 0 Å². The molecule has 0 fully saturated rings. The largest absolute Gasteiger partial charge is 0.441 e. The molecule has 0 unspecified atom stereocenters. The molecule has 0 radical (unpaired) electrons. The van der Waals surface area contributed by atoms with E-state index in [0.717, 1.165) is 12.1 Å². The number of halogens is 3. The van der Waals surface area contributed by atoms with E-state index in [2.05, 4.69) is 4.98 Å². The monoisotopic (exact) mass is 227 g/mol.